The number of hydrogen-bond donors (Lipinski definition) is 2. The molecule has 1 aromatic heterocycles. The maximum absolute atomic E-state index is 15.0. The van der Waals surface area contributed by atoms with Crippen LogP contribution in [0.4, 0.5) is 14.5 Å². The Bertz CT molecular complexity index is 1000. The fraction of sp³-hybridized carbons (Fsp3) is 0.474. The summed E-state index contributed by atoms with van der Waals surface area (Å²) in [7, 11) is 0. The molecule has 144 valence electrons. The van der Waals surface area contributed by atoms with Crippen molar-refractivity contribution in [2.75, 3.05) is 24.7 Å². The number of pyridine rings is 1. The molecule has 0 spiro atoms. The number of nitrogens with two attached hydrogens (primary N) is 1. The summed E-state index contributed by atoms with van der Waals surface area (Å²) >= 11 is 0. The molecule has 2 aliphatic rings. The van der Waals surface area contributed by atoms with Gasteiger partial charge in [-0.25, -0.2) is 9.18 Å². The summed E-state index contributed by atoms with van der Waals surface area (Å²) in [5.41, 5.74) is 6.33. The van der Waals surface area contributed by atoms with E-state index in [9.17, 15) is 23.5 Å². The Morgan fingerprint density at radius 3 is 2.63 bits per heavy atom. The third kappa shape index (κ3) is 2.79. The molecule has 0 amide bonds. The number of aromatic nitrogens is 1. The molecular formula is C19H21F2N3O3. The van der Waals surface area contributed by atoms with E-state index >= 15 is 0 Å². The second kappa shape index (κ2) is 6.30. The normalized spacial score (nSPS) is 22.6. The lowest BCUT2D eigenvalue weighted by Crippen LogP contribution is -2.30. The molecule has 27 heavy (non-hydrogen) atoms. The van der Waals surface area contributed by atoms with Crippen molar-refractivity contribution in [3.05, 3.63) is 39.4 Å². The van der Waals surface area contributed by atoms with Gasteiger partial charge in [0, 0.05) is 42.7 Å². The SMILES string of the molecule is Cc1c(N2C[C@H](CF)[C@H](N)C2)c(F)cc2c(=O)c(C(=O)O)cn(C3CC3)c12. The molecule has 8 heteroatoms. The number of aromatic carboxylic acids is 1. The van der Waals surface area contributed by atoms with E-state index in [2.05, 4.69) is 0 Å². The Hall–Kier alpha value is -2.48. The van der Waals surface area contributed by atoms with Crippen LogP contribution < -0.4 is 16.1 Å². The molecule has 6 nitrogen and oxygen atoms in total. The number of carbonyl (C=O) groups is 1. The average molecular weight is 377 g/mol. The van der Waals surface area contributed by atoms with Crippen molar-refractivity contribution in [2.45, 2.75) is 31.8 Å². The fourth-order valence-corrected chi connectivity index (χ4v) is 4.09. The van der Waals surface area contributed by atoms with Crippen LogP contribution in [-0.2, 0) is 0 Å². The van der Waals surface area contributed by atoms with Crippen molar-refractivity contribution in [1.29, 1.82) is 0 Å². The van der Waals surface area contributed by atoms with Crippen molar-refractivity contribution < 1.29 is 18.7 Å². The third-order valence-electron chi connectivity index (χ3n) is 5.66. The summed E-state index contributed by atoms with van der Waals surface area (Å²) in [6.45, 7) is 1.79. The fourth-order valence-electron chi connectivity index (χ4n) is 4.09. The van der Waals surface area contributed by atoms with Crippen LogP contribution in [-0.4, -0.2) is 41.4 Å². The van der Waals surface area contributed by atoms with Crippen LogP contribution in [0.2, 0.25) is 0 Å². The van der Waals surface area contributed by atoms with E-state index in [0.717, 1.165) is 18.9 Å². The summed E-state index contributed by atoms with van der Waals surface area (Å²) in [6, 6.07) is 0.826. The molecule has 1 aromatic carbocycles. The van der Waals surface area contributed by atoms with Gasteiger partial charge in [0.1, 0.15) is 11.4 Å². The lowest BCUT2D eigenvalue weighted by Gasteiger charge is -2.24. The molecule has 1 aliphatic heterocycles. The topological polar surface area (TPSA) is 88.6 Å². The number of aryl methyl sites for hydroxylation is 1. The van der Waals surface area contributed by atoms with Gasteiger partial charge in [-0.15, -0.1) is 0 Å². The Balaban J connectivity index is 1.96. The number of hydrogen-bond acceptors (Lipinski definition) is 4. The Morgan fingerprint density at radius 2 is 2.07 bits per heavy atom. The minimum Gasteiger partial charge on any atom is -0.477 e. The van der Waals surface area contributed by atoms with Gasteiger partial charge in [-0.1, -0.05) is 0 Å². The molecule has 3 N–H and O–H groups in total. The monoisotopic (exact) mass is 377 g/mol. The van der Waals surface area contributed by atoms with Crippen LogP contribution in [0.3, 0.4) is 0 Å². The molecular weight excluding hydrogens is 356 g/mol. The molecule has 1 saturated carbocycles. The maximum Gasteiger partial charge on any atom is 0.341 e. The molecule has 0 bridgehead atoms. The Kier molecular flexibility index (Phi) is 4.18. The number of rotatable bonds is 4. The molecule has 2 fully saturated rings. The highest BCUT2D eigenvalue weighted by Crippen LogP contribution is 2.40. The number of benzene rings is 1. The van der Waals surface area contributed by atoms with Gasteiger partial charge in [0.05, 0.1) is 17.9 Å². The summed E-state index contributed by atoms with van der Waals surface area (Å²) in [6.07, 6.45) is 3.11. The standard InChI is InChI=1S/C19H21F2N3O3/c1-9-16-12(18(25)13(19(26)27)7-24(16)11-2-3-11)4-14(21)17(9)23-6-10(5-20)15(22)8-23/h4,7,10-11,15H,2-3,5-6,8,22H2,1H3,(H,26,27)/t10-,15+/m0/s1. The summed E-state index contributed by atoms with van der Waals surface area (Å²) in [4.78, 5) is 25.8. The van der Waals surface area contributed by atoms with Crippen molar-refractivity contribution in [3.8, 4) is 0 Å². The van der Waals surface area contributed by atoms with Gasteiger partial charge in [0.25, 0.3) is 0 Å². The van der Waals surface area contributed by atoms with Gasteiger partial charge in [-0.05, 0) is 31.4 Å². The van der Waals surface area contributed by atoms with E-state index in [1.165, 1.54) is 6.20 Å². The van der Waals surface area contributed by atoms with Crippen molar-refractivity contribution in [1.82, 2.24) is 4.57 Å². The second-order valence-corrected chi connectivity index (χ2v) is 7.53. The van der Waals surface area contributed by atoms with Crippen LogP contribution >= 0.6 is 0 Å². The number of alkyl halides is 1. The van der Waals surface area contributed by atoms with E-state index in [4.69, 9.17) is 5.73 Å². The first-order valence-electron chi connectivity index (χ1n) is 9.01. The van der Waals surface area contributed by atoms with E-state index < -0.39 is 23.9 Å². The van der Waals surface area contributed by atoms with Crippen LogP contribution in [0, 0.1) is 18.7 Å². The molecule has 0 unspecified atom stereocenters. The van der Waals surface area contributed by atoms with Gasteiger partial charge in [-0.3, -0.25) is 9.18 Å². The lowest BCUT2D eigenvalue weighted by molar-refractivity contribution is 0.0695. The zero-order valence-electron chi connectivity index (χ0n) is 14.9. The van der Waals surface area contributed by atoms with Gasteiger partial charge < -0.3 is 20.3 Å². The Morgan fingerprint density at radius 1 is 1.37 bits per heavy atom. The van der Waals surface area contributed by atoms with Gasteiger partial charge in [-0.2, -0.15) is 0 Å². The molecule has 4 rings (SSSR count). The van der Waals surface area contributed by atoms with E-state index in [-0.39, 0.29) is 29.0 Å². The minimum absolute atomic E-state index is 0.0612. The lowest BCUT2D eigenvalue weighted by atomic mass is 10.0. The highest BCUT2D eigenvalue weighted by Gasteiger charge is 2.34. The van der Waals surface area contributed by atoms with Gasteiger partial charge >= 0.3 is 5.97 Å². The molecule has 2 heterocycles. The first-order valence-corrected chi connectivity index (χ1v) is 9.01. The van der Waals surface area contributed by atoms with Crippen LogP contribution in [0.25, 0.3) is 10.9 Å². The highest BCUT2D eigenvalue weighted by atomic mass is 19.1. The summed E-state index contributed by atoms with van der Waals surface area (Å²) in [5, 5.41) is 9.40. The second-order valence-electron chi connectivity index (χ2n) is 7.53. The van der Waals surface area contributed by atoms with Crippen LogP contribution in [0.15, 0.2) is 17.1 Å². The smallest absolute Gasteiger partial charge is 0.341 e. The predicted octanol–water partition coefficient (Wildman–Crippen LogP) is 2.22. The minimum atomic E-state index is -1.32. The van der Waals surface area contributed by atoms with Crippen LogP contribution in [0.5, 0.6) is 0 Å². The largest absolute Gasteiger partial charge is 0.477 e. The molecule has 0 radical (unpaired) electrons. The predicted molar refractivity (Wildman–Crippen MR) is 97.8 cm³/mol. The summed E-state index contributed by atoms with van der Waals surface area (Å²) in [5.74, 6) is -2.30. The van der Waals surface area contributed by atoms with Crippen LogP contribution in [0.1, 0.15) is 34.8 Å². The average Bonchev–Trinajstić information content (AvgIpc) is 3.38. The number of halogens is 2. The van der Waals surface area contributed by atoms with E-state index in [0.29, 0.717) is 29.9 Å². The van der Waals surface area contributed by atoms with Gasteiger partial charge in [0.2, 0.25) is 5.43 Å². The zero-order chi connectivity index (χ0) is 19.5. The molecule has 1 saturated heterocycles. The maximum atomic E-state index is 15.0. The first kappa shape index (κ1) is 17.9. The Labute approximate surface area is 154 Å². The quantitative estimate of drug-likeness (QED) is 0.853. The summed E-state index contributed by atoms with van der Waals surface area (Å²) < 4.78 is 29.9. The highest BCUT2D eigenvalue weighted by molar-refractivity contribution is 5.95. The molecule has 2 atom stereocenters. The van der Waals surface area contributed by atoms with Gasteiger partial charge in [0.15, 0.2) is 0 Å². The molecule has 1 aliphatic carbocycles. The van der Waals surface area contributed by atoms with E-state index in [1.54, 1.807) is 16.4 Å². The number of anilines is 1. The van der Waals surface area contributed by atoms with E-state index in [1.807, 2.05) is 0 Å². The number of carboxylic acids is 1. The zero-order valence-corrected chi connectivity index (χ0v) is 14.9. The number of carboxylic acid groups (broad SMARTS) is 1. The first-order chi connectivity index (χ1) is 12.8. The van der Waals surface area contributed by atoms with Crippen molar-refractivity contribution >= 4 is 22.6 Å². The number of fused-ring (bicyclic) bond motifs is 1. The molecule has 2 aromatic rings. The third-order valence-corrected chi connectivity index (χ3v) is 5.66. The number of nitrogens with zero attached hydrogens (tertiary/aromatic N) is 2. The van der Waals surface area contributed by atoms with Crippen molar-refractivity contribution in [2.24, 2.45) is 11.7 Å². The van der Waals surface area contributed by atoms with Crippen molar-refractivity contribution in [3.63, 3.8) is 0 Å².